The zero-order chi connectivity index (χ0) is 15.4. The molecule has 1 unspecified atom stereocenters. The van der Waals surface area contributed by atoms with Gasteiger partial charge in [0.05, 0.1) is 0 Å². The normalized spacial score (nSPS) is 16.5. The van der Waals surface area contributed by atoms with Crippen molar-refractivity contribution in [2.45, 2.75) is 26.7 Å². The molecule has 19 heavy (non-hydrogen) atoms. The van der Waals surface area contributed by atoms with Gasteiger partial charge in [-0.05, 0) is 17.7 Å². The Labute approximate surface area is 109 Å². The van der Waals surface area contributed by atoms with E-state index in [0.29, 0.717) is 0 Å². The molecule has 0 heterocycles. The summed E-state index contributed by atoms with van der Waals surface area (Å²) < 4.78 is 63.1. The predicted molar refractivity (Wildman–Crippen MR) is 67.0 cm³/mol. The van der Waals surface area contributed by atoms with Crippen LogP contribution >= 0.6 is 10.5 Å². The summed E-state index contributed by atoms with van der Waals surface area (Å²) >= 11 is 0. The SMILES string of the molecule is CC.CC(CO)c1cccc(OS(F)(F)(F)(F)F)c1. The summed E-state index contributed by atoms with van der Waals surface area (Å²) in [7, 11) is -9.93. The van der Waals surface area contributed by atoms with Gasteiger partial charge in [0.25, 0.3) is 0 Å². The van der Waals surface area contributed by atoms with Crippen LogP contribution in [0, 0.1) is 0 Å². The van der Waals surface area contributed by atoms with Crippen molar-refractivity contribution in [2.75, 3.05) is 6.61 Å². The Balaban J connectivity index is 0.00000154. The van der Waals surface area contributed by atoms with Crippen LogP contribution in [-0.2, 0) is 0 Å². The van der Waals surface area contributed by atoms with E-state index >= 15 is 0 Å². The Bertz CT molecular complexity index is 418. The lowest BCUT2D eigenvalue weighted by Gasteiger charge is -2.39. The van der Waals surface area contributed by atoms with E-state index in [1.165, 1.54) is 6.07 Å². The minimum Gasteiger partial charge on any atom is -0.396 e. The van der Waals surface area contributed by atoms with E-state index in [-0.39, 0.29) is 12.2 Å². The highest BCUT2D eigenvalue weighted by Gasteiger charge is 2.67. The predicted octanol–water partition coefficient (Wildman–Crippen LogP) is 5.40. The Hall–Kier alpha value is -1.02. The quantitative estimate of drug-likeness (QED) is 0.754. The Morgan fingerprint density at radius 1 is 1.16 bits per heavy atom. The van der Waals surface area contributed by atoms with Crippen LogP contribution in [-0.4, -0.2) is 11.7 Å². The average Bonchev–Trinajstić information content (AvgIpc) is 2.27. The lowest BCUT2D eigenvalue weighted by Crippen LogP contribution is -2.14. The molecule has 0 saturated heterocycles. The van der Waals surface area contributed by atoms with Gasteiger partial charge in [-0.1, -0.05) is 52.3 Å². The number of hydrogen-bond acceptors (Lipinski definition) is 2. The van der Waals surface area contributed by atoms with Crippen LogP contribution in [0.3, 0.4) is 0 Å². The molecule has 0 saturated carbocycles. The Morgan fingerprint density at radius 2 is 1.68 bits per heavy atom. The van der Waals surface area contributed by atoms with Gasteiger partial charge in [0.1, 0.15) is 5.75 Å². The topological polar surface area (TPSA) is 29.5 Å². The van der Waals surface area contributed by atoms with Gasteiger partial charge >= 0.3 is 10.5 Å². The van der Waals surface area contributed by atoms with Gasteiger partial charge in [0.2, 0.25) is 0 Å². The number of aliphatic hydroxyl groups is 1. The fraction of sp³-hybridized carbons (Fsp3) is 0.455. The average molecular weight is 308 g/mol. The van der Waals surface area contributed by atoms with E-state index < -0.39 is 22.2 Å². The highest BCUT2D eigenvalue weighted by molar-refractivity contribution is 8.42. The molecule has 1 N–H and O–H groups in total. The molecule has 0 aliphatic rings. The maximum Gasteiger partial charge on any atom is 0.435 e. The highest BCUT2D eigenvalue weighted by Crippen LogP contribution is 2.97. The molecule has 0 fully saturated rings. The van der Waals surface area contributed by atoms with Gasteiger partial charge in [-0.3, -0.25) is 0 Å². The van der Waals surface area contributed by atoms with E-state index in [9.17, 15) is 19.4 Å². The second-order valence-electron chi connectivity index (χ2n) is 3.64. The maximum atomic E-state index is 12.0. The third-order valence-electron chi connectivity index (χ3n) is 1.95. The van der Waals surface area contributed by atoms with Crippen LogP contribution in [0.4, 0.5) is 19.4 Å². The fourth-order valence-electron chi connectivity index (χ4n) is 1.16. The molecule has 0 aliphatic carbocycles. The lowest BCUT2D eigenvalue weighted by atomic mass is 10.0. The molecular weight excluding hydrogens is 291 g/mol. The molecule has 1 atom stereocenters. The summed E-state index contributed by atoms with van der Waals surface area (Å²) in [4.78, 5) is 0. The van der Waals surface area contributed by atoms with Crippen molar-refractivity contribution >= 4 is 10.5 Å². The Morgan fingerprint density at radius 3 is 2.11 bits per heavy atom. The Kier molecular flexibility index (Phi) is 4.89. The van der Waals surface area contributed by atoms with Crippen molar-refractivity contribution in [3.8, 4) is 5.75 Å². The molecule has 114 valence electrons. The van der Waals surface area contributed by atoms with Crippen LogP contribution < -0.4 is 4.18 Å². The van der Waals surface area contributed by atoms with Crippen molar-refractivity contribution in [3.63, 3.8) is 0 Å². The molecule has 0 spiro atoms. The first-order valence-corrected chi connectivity index (χ1v) is 7.43. The van der Waals surface area contributed by atoms with Gasteiger partial charge in [-0.2, -0.15) is 0 Å². The number of benzene rings is 1. The van der Waals surface area contributed by atoms with Crippen molar-refractivity contribution < 1.29 is 28.7 Å². The van der Waals surface area contributed by atoms with Crippen molar-refractivity contribution in [2.24, 2.45) is 0 Å². The number of hydrogen-bond donors (Lipinski definition) is 1. The molecule has 0 amide bonds. The largest absolute Gasteiger partial charge is 0.435 e. The molecule has 0 bridgehead atoms. The molecule has 2 nitrogen and oxygen atoms in total. The highest BCUT2D eigenvalue weighted by atomic mass is 32.5. The summed E-state index contributed by atoms with van der Waals surface area (Å²) in [6, 6.07) is 4.18. The third-order valence-corrected chi connectivity index (χ3v) is 2.46. The second kappa shape index (κ2) is 5.16. The molecule has 0 aromatic heterocycles. The van der Waals surface area contributed by atoms with Gasteiger partial charge in [-0.25, -0.2) is 0 Å². The summed E-state index contributed by atoms with van der Waals surface area (Å²) in [5.41, 5.74) is 0.284. The molecule has 8 heteroatoms. The van der Waals surface area contributed by atoms with Crippen LogP contribution in [0.15, 0.2) is 24.3 Å². The van der Waals surface area contributed by atoms with Crippen molar-refractivity contribution in [1.29, 1.82) is 0 Å². The van der Waals surface area contributed by atoms with E-state index in [4.69, 9.17) is 5.11 Å². The van der Waals surface area contributed by atoms with E-state index in [2.05, 4.69) is 4.18 Å². The minimum atomic E-state index is -9.93. The first-order chi connectivity index (χ1) is 8.40. The van der Waals surface area contributed by atoms with E-state index in [1.807, 2.05) is 13.8 Å². The zero-order valence-corrected chi connectivity index (χ0v) is 11.6. The fourth-order valence-corrected chi connectivity index (χ4v) is 1.63. The molecule has 1 aromatic rings. The van der Waals surface area contributed by atoms with Crippen molar-refractivity contribution in [1.82, 2.24) is 0 Å². The molecule has 1 aromatic carbocycles. The number of halogens is 5. The summed E-state index contributed by atoms with van der Waals surface area (Å²) in [5.74, 6) is -1.45. The molecule has 1 rings (SSSR count). The van der Waals surface area contributed by atoms with Crippen molar-refractivity contribution in [3.05, 3.63) is 29.8 Å². The van der Waals surface area contributed by atoms with Crippen LogP contribution in [0.25, 0.3) is 0 Å². The van der Waals surface area contributed by atoms with E-state index in [0.717, 1.165) is 18.2 Å². The van der Waals surface area contributed by atoms with Gasteiger partial charge in [-0.15, -0.1) is 0 Å². The zero-order valence-electron chi connectivity index (χ0n) is 10.7. The van der Waals surface area contributed by atoms with Gasteiger partial charge in [0.15, 0.2) is 0 Å². The lowest BCUT2D eigenvalue weighted by molar-refractivity contribution is 0.243. The van der Waals surface area contributed by atoms with E-state index in [1.54, 1.807) is 6.92 Å². The molecular formula is C11H17F5O2S. The number of rotatable bonds is 4. The first kappa shape index (κ1) is 18.0. The number of aliphatic hydroxyl groups excluding tert-OH is 1. The summed E-state index contributed by atoms with van der Waals surface area (Å²) in [6.45, 7) is 5.23. The smallest absolute Gasteiger partial charge is 0.396 e. The van der Waals surface area contributed by atoms with Crippen LogP contribution in [0.5, 0.6) is 5.75 Å². The first-order valence-electron chi connectivity index (χ1n) is 5.55. The molecule has 0 aliphatic heterocycles. The van der Waals surface area contributed by atoms with Gasteiger partial charge < -0.3 is 9.29 Å². The second-order valence-corrected chi connectivity index (χ2v) is 5.60. The third kappa shape index (κ3) is 7.89. The monoisotopic (exact) mass is 308 g/mol. The minimum absolute atomic E-state index is 0.284. The summed E-state index contributed by atoms with van der Waals surface area (Å²) in [5, 5.41) is 8.81. The standard InChI is InChI=1S/C9H11F5O2S.C2H6/c1-7(6-15)8-3-2-4-9(5-8)16-17(10,11,12,13)14;1-2/h2-5,7,15H,6H2,1H3;1-2H3. The molecule has 0 radical (unpaired) electrons. The van der Waals surface area contributed by atoms with Gasteiger partial charge in [0, 0.05) is 12.5 Å². The summed E-state index contributed by atoms with van der Waals surface area (Å²) in [6.07, 6.45) is 0. The van der Waals surface area contributed by atoms with Crippen LogP contribution in [0.2, 0.25) is 0 Å². The maximum absolute atomic E-state index is 12.0. The van der Waals surface area contributed by atoms with Crippen LogP contribution in [0.1, 0.15) is 32.3 Å².